The second kappa shape index (κ2) is 5.70. The molecule has 0 unspecified atom stereocenters. The Kier molecular flexibility index (Phi) is 3.40. The summed E-state index contributed by atoms with van der Waals surface area (Å²) in [6.07, 6.45) is 10.1. The average molecular weight is 369 g/mol. The molecule has 0 amide bonds. The van der Waals surface area contributed by atoms with Gasteiger partial charge < -0.3 is 5.32 Å². The predicted molar refractivity (Wildman–Crippen MR) is 95.9 cm³/mol. The van der Waals surface area contributed by atoms with E-state index in [9.17, 15) is 8.78 Å². The molecule has 0 bridgehead atoms. The normalized spacial score (nSPS) is 14.9. The van der Waals surface area contributed by atoms with E-state index < -0.39 is 18.4 Å². The minimum atomic E-state index is -2.72. The number of hydrogen-bond acceptors (Lipinski definition) is 5. The summed E-state index contributed by atoms with van der Waals surface area (Å²) in [5.41, 5.74) is 3.57. The van der Waals surface area contributed by atoms with Gasteiger partial charge in [-0.2, -0.15) is 0 Å². The molecule has 0 atom stereocenters. The summed E-state index contributed by atoms with van der Waals surface area (Å²) in [5, 5.41) is 6.95. The summed E-state index contributed by atoms with van der Waals surface area (Å²) in [4.78, 5) is 12.8. The number of aryl methyl sites for hydroxylation is 1. The van der Waals surface area contributed by atoms with E-state index in [0.717, 1.165) is 22.3 Å². The highest BCUT2D eigenvalue weighted by molar-refractivity contribution is 5.79. The van der Waals surface area contributed by atoms with Crippen molar-refractivity contribution in [3.8, 4) is 11.1 Å². The number of nitrogens with zero attached hydrogens (tertiary/aromatic N) is 6. The van der Waals surface area contributed by atoms with Crippen LogP contribution in [0.5, 0.6) is 0 Å². The molecule has 0 spiro atoms. The Morgan fingerprint density at radius 2 is 2.00 bits per heavy atom. The minimum Gasteiger partial charge on any atom is -0.347 e. The van der Waals surface area contributed by atoms with Gasteiger partial charge in [0, 0.05) is 41.3 Å². The second-order valence-corrected chi connectivity index (χ2v) is 6.94. The number of imidazole rings is 1. The van der Waals surface area contributed by atoms with Gasteiger partial charge in [-0.25, -0.2) is 28.2 Å². The number of nitrogens with one attached hydrogen (secondary N) is 1. The van der Waals surface area contributed by atoms with E-state index >= 15 is 0 Å². The van der Waals surface area contributed by atoms with Crippen molar-refractivity contribution >= 4 is 17.2 Å². The van der Waals surface area contributed by atoms with Gasteiger partial charge in [0.15, 0.2) is 0 Å². The summed E-state index contributed by atoms with van der Waals surface area (Å²) >= 11 is 0. The molecule has 7 nitrogen and oxygen atoms in total. The topological polar surface area (TPSA) is 72.4 Å². The molecule has 0 radical (unpaired) electrons. The maximum Gasteiger partial charge on any atom is 0.267 e. The zero-order valence-corrected chi connectivity index (χ0v) is 14.6. The summed E-state index contributed by atoms with van der Waals surface area (Å²) < 4.78 is 31.2. The Morgan fingerprint density at radius 3 is 2.81 bits per heavy atom. The Morgan fingerprint density at radius 1 is 1.19 bits per heavy atom. The van der Waals surface area contributed by atoms with Crippen LogP contribution in [0.4, 0.5) is 14.7 Å². The van der Waals surface area contributed by atoms with Gasteiger partial charge in [0.2, 0.25) is 11.7 Å². The molecule has 0 aromatic carbocycles. The first kappa shape index (κ1) is 16.1. The molecule has 1 N–H and O–H groups in total. The maximum absolute atomic E-state index is 13.8. The minimum absolute atomic E-state index is 0.184. The fraction of sp³-hybridized carbons (Fsp3) is 0.333. The van der Waals surface area contributed by atoms with E-state index in [4.69, 9.17) is 0 Å². The van der Waals surface area contributed by atoms with Crippen LogP contribution >= 0.6 is 0 Å². The van der Waals surface area contributed by atoms with Crippen LogP contribution in [-0.2, 0) is 0 Å². The van der Waals surface area contributed by atoms with Gasteiger partial charge in [-0.15, -0.1) is 5.10 Å². The second-order valence-electron chi connectivity index (χ2n) is 6.94. The largest absolute Gasteiger partial charge is 0.347 e. The van der Waals surface area contributed by atoms with Gasteiger partial charge >= 0.3 is 0 Å². The van der Waals surface area contributed by atoms with Gasteiger partial charge in [0.1, 0.15) is 0 Å². The van der Waals surface area contributed by atoms with Crippen molar-refractivity contribution in [3.63, 3.8) is 0 Å². The van der Waals surface area contributed by atoms with Crippen molar-refractivity contribution < 1.29 is 8.78 Å². The average Bonchev–Trinajstić information content (AvgIpc) is 3.36. The van der Waals surface area contributed by atoms with Crippen LogP contribution in [0.2, 0.25) is 0 Å². The Bertz CT molecular complexity index is 1140. The Labute approximate surface area is 153 Å². The van der Waals surface area contributed by atoms with Crippen molar-refractivity contribution in [3.05, 3.63) is 42.7 Å². The highest BCUT2D eigenvalue weighted by atomic mass is 19.3. The van der Waals surface area contributed by atoms with E-state index in [2.05, 4.69) is 25.4 Å². The fourth-order valence-corrected chi connectivity index (χ4v) is 3.20. The molecule has 138 valence electrons. The van der Waals surface area contributed by atoms with Crippen LogP contribution < -0.4 is 5.32 Å². The molecule has 1 aliphatic rings. The first-order chi connectivity index (χ1) is 13.0. The maximum atomic E-state index is 13.8. The predicted octanol–water partition coefficient (Wildman–Crippen LogP) is 3.20. The molecular weight excluding hydrogens is 352 g/mol. The van der Waals surface area contributed by atoms with Crippen LogP contribution in [0.3, 0.4) is 0 Å². The lowest BCUT2D eigenvalue weighted by Gasteiger charge is -2.15. The SMILES string of the molecule is Cc1cnc2ncc(-c3ccn4nc(NCC(F)(F)C5CC5)ncc34)cn12. The lowest BCUT2D eigenvalue weighted by molar-refractivity contribution is -0.00833. The Hall–Kier alpha value is -3.10. The van der Waals surface area contributed by atoms with E-state index in [1.807, 2.05) is 23.6 Å². The van der Waals surface area contributed by atoms with Crippen molar-refractivity contribution in [2.24, 2.45) is 5.92 Å². The van der Waals surface area contributed by atoms with E-state index in [1.165, 1.54) is 0 Å². The number of anilines is 1. The third kappa shape index (κ3) is 2.79. The van der Waals surface area contributed by atoms with Crippen LogP contribution in [-0.4, -0.2) is 41.4 Å². The highest BCUT2D eigenvalue weighted by Gasteiger charge is 2.46. The summed E-state index contributed by atoms with van der Waals surface area (Å²) in [6, 6.07) is 1.90. The third-order valence-corrected chi connectivity index (χ3v) is 4.93. The van der Waals surface area contributed by atoms with E-state index in [1.54, 1.807) is 29.3 Å². The van der Waals surface area contributed by atoms with Crippen molar-refractivity contribution in [2.45, 2.75) is 25.7 Å². The number of aromatic nitrogens is 6. The summed E-state index contributed by atoms with van der Waals surface area (Å²) in [7, 11) is 0. The van der Waals surface area contributed by atoms with E-state index in [0.29, 0.717) is 18.6 Å². The number of hydrogen-bond donors (Lipinski definition) is 1. The van der Waals surface area contributed by atoms with Crippen LogP contribution in [0.15, 0.2) is 37.1 Å². The summed E-state index contributed by atoms with van der Waals surface area (Å²) in [5.74, 6) is -2.41. The van der Waals surface area contributed by atoms with E-state index in [-0.39, 0.29) is 5.95 Å². The molecule has 0 aliphatic heterocycles. The van der Waals surface area contributed by atoms with Gasteiger partial charge in [-0.05, 0) is 25.8 Å². The molecule has 1 fully saturated rings. The molecule has 4 heterocycles. The quantitative estimate of drug-likeness (QED) is 0.585. The molecular formula is C18H17F2N7. The summed E-state index contributed by atoms with van der Waals surface area (Å²) in [6.45, 7) is 1.51. The number of rotatable bonds is 5. The van der Waals surface area contributed by atoms with Gasteiger partial charge in [0.05, 0.1) is 24.5 Å². The Balaban J connectivity index is 1.45. The molecule has 4 aromatic heterocycles. The monoisotopic (exact) mass is 369 g/mol. The standard InChI is InChI=1S/C18H17F2N7/c1-11-6-22-17-23-7-12(9-26(11)17)14-4-5-27-15(14)8-21-16(25-27)24-10-18(19,20)13-2-3-13/h4-9,13H,2-3,10H2,1H3,(H,24,25). The lowest BCUT2D eigenvalue weighted by Crippen LogP contribution is -2.30. The lowest BCUT2D eigenvalue weighted by atomic mass is 10.1. The zero-order valence-electron chi connectivity index (χ0n) is 14.6. The molecule has 27 heavy (non-hydrogen) atoms. The third-order valence-electron chi connectivity index (χ3n) is 4.93. The van der Waals surface area contributed by atoms with Crippen LogP contribution in [0.25, 0.3) is 22.4 Å². The molecule has 4 aromatic rings. The zero-order chi connectivity index (χ0) is 18.6. The molecule has 0 saturated heterocycles. The van der Waals surface area contributed by atoms with Crippen molar-refractivity contribution in [1.29, 1.82) is 0 Å². The highest BCUT2D eigenvalue weighted by Crippen LogP contribution is 2.43. The number of halogens is 2. The van der Waals surface area contributed by atoms with Crippen LogP contribution in [0.1, 0.15) is 18.5 Å². The fourth-order valence-electron chi connectivity index (χ4n) is 3.20. The first-order valence-corrected chi connectivity index (χ1v) is 8.77. The number of alkyl halides is 2. The first-order valence-electron chi connectivity index (χ1n) is 8.77. The molecule has 5 rings (SSSR count). The molecule has 1 aliphatic carbocycles. The van der Waals surface area contributed by atoms with Gasteiger partial charge in [-0.3, -0.25) is 4.40 Å². The van der Waals surface area contributed by atoms with Gasteiger partial charge in [-0.1, -0.05) is 0 Å². The molecule has 1 saturated carbocycles. The van der Waals surface area contributed by atoms with Crippen molar-refractivity contribution in [1.82, 2.24) is 29.0 Å². The smallest absolute Gasteiger partial charge is 0.267 e. The van der Waals surface area contributed by atoms with Crippen LogP contribution in [0, 0.1) is 12.8 Å². The van der Waals surface area contributed by atoms with Crippen molar-refractivity contribution in [2.75, 3.05) is 11.9 Å². The van der Waals surface area contributed by atoms with Gasteiger partial charge in [0.25, 0.3) is 5.92 Å². The number of fused-ring (bicyclic) bond motifs is 2. The molecule has 9 heteroatoms.